The quantitative estimate of drug-likeness (QED) is 0.838. The van der Waals surface area contributed by atoms with E-state index in [-0.39, 0.29) is 15.3 Å². The molecule has 0 fully saturated rings. The second-order valence-corrected chi connectivity index (χ2v) is 8.02. The Bertz CT molecular complexity index is 701. The van der Waals surface area contributed by atoms with Crippen LogP contribution in [0.3, 0.4) is 0 Å². The molecule has 2 rings (SSSR count). The fourth-order valence-corrected chi connectivity index (χ4v) is 4.90. The lowest BCUT2D eigenvalue weighted by Gasteiger charge is -2.16. The predicted molar refractivity (Wildman–Crippen MR) is 83.2 cm³/mol. The number of aliphatic hydroxyl groups is 1. The van der Waals surface area contributed by atoms with Gasteiger partial charge in [0.1, 0.15) is 0 Å². The maximum absolute atomic E-state index is 12.3. The standard InChI is InChI=1S/C13H15ClN2O3S2/c1-9-12(20-13(14)15-9)21(18,19)16-11(8-17)7-10-5-3-2-4-6-10/h2-6,11,16-17H,7-8H2,1H3/t11-/m0/s1. The number of benzene rings is 1. The number of sulfonamides is 1. The van der Waals surface area contributed by atoms with E-state index < -0.39 is 16.1 Å². The number of thiazole rings is 1. The van der Waals surface area contributed by atoms with Crippen molar-refractivity contribution in [2.75, 3.05) is 6.61 Å². The molecule has 0 aliphatic rings. The Balaban J connectivity index is 2.16. The highest BCUT2D eigenvalue weighted by molar-refractivity contribution is 7.91. The number of hydrogen-bond donors (Lipinski definition) is 2. The van der Waals surface area contributed by atoms with Crippen LogP contribution in [-0.4, -0.2) is 31.2 Å². The third-order valence-corrected chi connectivity index (χ3v) is 6.23. The highest BCUT2D eigenvalue weighted by Gasteiger charge is 2.24. The Morgan fingerprint density at radius 3 is 2.57 bits per heavy atom. The molecule has 0 saturated heterocycles. The van der Waals surface area contributed by atoms with E-state index in [0.29, 0.717) is 12.1 Å². The van der Waals surface area contributed by atoms with Gasteiger partial charge in [0.25, 0.3) is 10.0 Å². The Hall–Kier alpha value is -0.990. The Kier molecular flexibility index (Phi) is 5.34. The largest absolute Gasteiger partial charge is 0.395 e. The van der Waals surface area contributed by atoms with Gasteiger partial charge < -0.3 is 5.11 Å². The van der Waals surface area contributed by atoms with E-state index in [1.807, 2.05) is 30.3 Å². The van der Waals surface area contributed by atoms with Gasteiger partial charge in [-0.1, -0.05) is 53.3 Å². The van der Waals surface area contributed by atoms with Gasteiger partial charge in [0, 0.05) is 6.04 Å². The molecule has 8 heteroatoms. The summed E-state index contributed by atoms with van der Waals surface area (Å²) in [6.45, 7) is 1.29. The van der Waals surface area contributed by atoms with Crippen LogP contribution in [0.4, 0.5) is 0 Å². The summed E-state index contributed by atoms with van der Waals surface area (Å²) in [7, 11) is -3.74. The third-order valence-electron chi connectivity index (χ3n) is 2.84. The minimum absolute atomic E-state index is 0.0824. The molecule has 0 bridgehead atoms. The van der Waals surface area contributed by atoms with Gasteiger partial charge >= 0.3 is 0 Å². The molecular weight excluding hydrogens is 332 g/mol. The second-order valence-electron chi connectivity index (χ2n) is 4.53. The summed E-state index contributed by atoms with van der Waals surface area (Å²) in [5.74, 6) is 0. The topological polar surface area (TPSA) is 79.3 Å². The first-order valence-electron chi connectivity index (χ1n) is 6.22. The van der Waals surface area contributed by atoms with E-state index in [1.54, 1.807) is 6.92 Å². The van der Waals surface area contributed by atoms with Gasteiger partial charge in [-0.3, -0.25) is 0 Å². The predicted octanol–water partition coefficient (Wildman–Crippen LogP) is 1.99. The summed E-state index contributed by atoms with van der Waals surface area (Å²) in [6.07, 6.45) is 0.405. The molecule has 0 aliphatic heterocycles. The molecule has 0 saturated carbocycles. The molecule has 2 aromatic rings. The zero-order chi connectivity index (χ0) is 15.5. The molecule has 0 unspecified atom stereocenters. The van der Waals surface area contributed by atoms with Gasteiger partial charge in [0.05, 0.1) is 12.3 Å². The highest BCUT2D eigenvalue weighted by atomic mass is 35.5. The average molecular weight is 347 g/mol. The van der Waals surface area contributed by atoms with Gasteiger partial charge in [-0.25, -0.2) is 18.1 Å². The number of aryl methyl sites for hydroxylation is 1. The average Bonchev–Trinajstić information content (AvgIpc) is 2.79. The van der Waals surface area contributed by atoms with Crippen LogP contribution in [0.15, 0.2) is 34.5 Å². The molecule has 1 atom stereocenters. The van der Waals surface area contributed by atoms with Crippen molar-refractivity contribution in [3.05, 3.63) is 46.1 Å². The lowest BCUT2D eigenvalue weighted by atomic mass is 10.1. The number of rotatable bonds is 6. The molecule has 0 aliphatic carbocycles. The van der Waals surface area contributed by atoms with E-state index in [9.17, 15) is 13.5 Å². The van der Waals surface area contributed by atoms with Crippen LogP contribution < -0.4 is 4.72 Å². The van der Waals surface area contributed by atoms with Crippen molar-refractivity contribution in [1.29, 1.82) is 0 Å². The number of nitrogens with zero attached hydrogens (tertiary/aromatic N) is 1. The molecule has 2 N–H and O–H groups in total. The van der Waals surface area contributed by atoms with Gasteiger partial charge in [0.2, 0.25) is 0 Å². The van der Waals surface area contributed by atoms with Crippen LogP contribution in [0.1, 0.15) is 11.3 Å². The molecule has 0 amide bonds. The van der Waals surface area contributed by atoms with Crippen molar-refractivity contribution in [2.45, 2.75) is 23.6 Å². The van der Waals surface area contributed by atoms with E-state index >= 15 is 0 Å². The third kappa shape index (κ3) is 4.24. The fraction of sp³-hybridized carbons (Fsp3) is 0.308. The molecule has 114 valence electrons. The first kappa shape index (κ1) is 16.4. The molecular formula is C13H15ClN2O3S2. The minimum Gasteiger partial charge on any atom is -0.395 e. The summed E-state index contributed by atoms with van der Waals surface area (Å²) in [6, 6.07) is 8.77. The summed E-state index contributed by atoms with van der Waals surface area (Å²) < 4.78 is 27.4. The number of aliphatic hydroxyl groups excluding tert-OH is 1. The van der Waals surface area contributed by atoms with Crippen molar-refractivity contribution < 1.29 is 13.5 Å². The summed E-state index contributed by atoms with van der Waals surface area (Å²) in [5, 5.41) is 9.41. The van der Waals surface area contributed by atoms with E-state index in [1.165, 1.54) is 0 Å². The summed E-state index contributed by atoms with van der Waals surface area (Å²) >= 11 is 6.64. The first-order valence-corrected chi connectivity index (χ1v) is 8.90. The number of nitrogens with one attached hydrogen (secondary N) is 1. The van der Waals surface area contributed by atoms with Gasteiger partial charge in [0.15, 0.2) is 8.68 Å². The van der Waals surface area contributed by atoms with E-state index in [2.05, 4.69) is 9.71 Å². The van der Waals surface area contributed by atoms with Crippen LogP contribution >= 0.6 is 22.9 Å². The van der Waals surface area contributed by atoms with Crippen molar-refractivity contribution in [1.82, 2.24) is 9.71 Å². The van der Waals surface area contributed by atoms with Crippen molar-refractivity contribution in [3.8, 4) is 0 Å². The summed E-state index contributed by atoms with van der Waals surface area (Å²) in [5.41, 5.74) is 1.30. The van der Waals surface area contributed by atoms with Crippen molar-refractivity contribution in [2.24, 2.45) is 0 Å². The fourth-order valence-electron chi connectivity index (χ4n) is 1.92. The smallest absolute Gasteiger partial charge is 0.252 e. The van der Waals surface area contributed by atoms with E-state index in [0.717, 1.165) is 16.9 Å². The number of halogens is 1. The molecule has 1 aromatic carbocycles. The maximum atomic E-state index is 12.3. The van der Waals surface area contributed by atoms with Gasteiger partial charge in [-0.05, 0) is 18.9 Å². The Labute approximate surface area is 132 Å². The normalized spacial score (nSPS) is 13.3. The van der Waals surface area contributed by atoms with Gasteiger partial charge in [-0.15, -0.1) is 0 Å². The highest BCUT2D eigenvalue weighted by Crippen LogP contribution is 2.26. The Morgan fingerprint density at radius 2 is 2.05 bits per heavy atom. The number of hydrogen-bond acceptors (Lipinski definition) is 5. The monoisotopic (exact) mass is 346 g/mol. The Morgan fingerprint density at radius 1 is 1.38 bits per heavy atom. The summed E-state index contributed by atoms with van der Waals surface area (Å²) in [4.78, 5) is 3.90. The molecule has 0 spiro atoms. The van der Waals surface area contributed by atoms with Crippen molar-refractivity contribution >= 4 is 33.0 Å². The van der Waals surface area contributed by atoms with Crippen LogP contribution in [0.5, 0.6) is 0 Å². The lowest BCUT2D eigenvalue weighted by Crippen LogP contribution is -2.38. The van der Waals surface area contributed by atoms with Crippen LogP contribution in [-0.2, 0) is 16.4 Å². The number of aromatic nitrogens is 1. The molecule has 1 aromatic heterocycles. The van der Waals surface area contributed by atoms with Gasteiger partial charge in [-0.2, -0.15) is 0 Å². The van der Waals surface area contributed by atoms with Crippen molar-refractivity contribution in [3.63, 3.8) is 0 Å². The van der Waals surface area contributed by atoms with Crippen LogP contribution in [0.2, 0.25) is 4.47 Å². The molecule has 21 heavy (non-hydrogen) atoms. The SMILES string of the molecule is Cc1nc(Cl)sc1S(=O)(=O)N[C@H](CO)Cc1ccccc1. The molecule has 5 nitrogen and oxygen atoms in total. The second kappa shape index (κ2) is 6.85. The zero-order valence-corrected chi connectivity index (χ0v) is 13.7. The van der Waals surface area contributed by atoms with Crippen LogP contribution in [0.25, 0.3) is 0 Å². The lowest BCUT2D eigenvalue weighted by molar-refractivity contribution is 0.256. The van der Waals surface area contributed by atoms with E-state index in [4.69, 9.17) is 11.6 Å². The molecule has 1 heterocycles. The first-order chi connectivity index (χ1) is 9.92. The minimum atomic E-state index is -3.74. The zero-order valence-electron chi connectivity index (χ0n) is 11.3. The maximum Gasteiger partial charge on any atom is 0.252 e. The molecule has 0 radical (unpaired) electrons. The van der Waals surface area contributed by atoms with Crippen LogP contribution in [0, 0.1) is 6.92 Å².